The molecule has 0 aliphatic carbocycles. The first-order valence-corrected chi connectivity index (χ1v) is 6.21. The van der Waals surface area contributed by atoms with Gasteiger partial charge < -0.3 is 9.67 Å². The van der Waals surface area contributed by atoms with E-state index < -0.39 is 5.97 Å². The Labute approximate surface area is 112 Å². The van der Waals surface area contributed by atoms with Gasteiger partial charge in [0, 0.05) is 18.3 Å². The third kappa shape index (κ3) is 3.44. The summed E-state index contributed by atoms with van der Waals surface area (Å²) in [5.74, 6) is -0.912. The van der Waals surface area contributed by atoms with Crippen LogP contribution in [0.15, 0.2) is 36.8 Å². The molecule has 0 aliphatic heterocycles. The molecule has 4 heteroatoms. The van der Waals surface area contributed by atoms with E-state index in [-0.39, 0.29) is 11.0 Å². The summed E-state index contributed by atoms with van der Waals surface area (Å²) in [6, 6.07) is 6.77. The van der Waals surface area contributed by atoms with Crippen LogP contribution in [0.1, 0.15) is 31.1 Å². The van der Waals surface area contributed by atoms with E-state index in [1.807, 2.05) is 12.5 Å². The van der Waals surface area contributed by atoms with Gasteiger partial charge in [-0.3, -0.25) is 0 Å². The van der Waals surface area contributed by atoms with Gasteiger partial charge in [-0.25, -0.2) is 9.78 Å². The monoisotopic (exact) mass is 258 g/mol. The lowest BCUT2D eigenvalue weighted by molar-refractivity contribution is 0.0697. The maximum absolute atomic E-state index is 10.8. The Morgan fingerprint density at radius 3 is 2.42 bits per heavy atom. The van der Waals surface area contributed by atoms with Crippen molar-refractivity contribution >= 4 is 5.97 Å². The first-order chi connectivity index (χ1) is 8.85. The second-order valence-corrected chi connectivity index (χ2v) is 5.87. The summed E-state index contributed by atoms with van der Waals surface area (Å²) in [5, 5.41) is 8.86. The molecule has 2 rings (SSSR count). The summed E-state index contributed by atoms with van der Waals surface area (Å²) in [4.78, 5) is 15.2. The standard InChI is InChI=1S/C15H18N2O2/c1-15(2,3)9-17-8-13(16-10-17)11-4-6-12(7-5-11)14(18)19/h4-8,10H,9H2,1-3H3,(H,18,19). The molecule has 0 atom stereocenters. The van der Waals surface area contributed by atoms with Crippen LogP contribution in [0.5, 0.6) is 0 Å². The molecule has 0 aliphatic rings. The number of carbonyl (C=O) groups is 1. The van der Waals surface area contributed by atoms with Gasteiger partial charge >= 0.3 is 5.97 Å². The summed E-state index contributed by atoms with van der Waals surface area (Å²) < 4.78 is 2.06. The number of benzene rings is 1. The Bertz CT molecular complexity index is 577. The summed E-state index contributed by atoms with van der Waals surface area (Å²) in [7, 11) is 0. The first kappa shape index (κ1) is 13.3. The third-order valence-corrected chi connectivity index (χ3v) is 2.72. The van der Waals surface area contributed by atoms with Crippen LogP contribution in [0.25, 0.3) is 11.3 Å². The van der Waals surface area contributed by atoms with Crippen LogP contribution in [0.3, 0.4) is 0 Å². The molecule has 0 unspecified atom stereocenters. The molecule has 0 saturated carbocycles. The lowest BCUT2D eigenvalue weighted by atomic mass is 9.97. The van der Waals surface area contributed by atoms with Crippen LogP contribution in [0, 0.1) is 5.41 Å². The molecule has 1 aromatic carbocycles. The molecule has 19 heavy (non-hydrogen) atoms. The molecule has 0 fully saturated rings. The Balaban J connectivity index is 2.20. The van der Waals surface area contributed by atoms with Crippen molar-refractivity contribution in [2.24, 2.45) is 5.41 Å². The van der Waals surface area contributed by atoms with E-state index >= 15 is 0 Å². The Morgan fingerprint density at radius 2 is 1.89 bits per heavy atom. The minimum absolute atomic E-state index is 0.200. The second kappa shape index (κ2) is 4.88. The highest BCUT2D eigenvalue weighted by molar-refractivity contribution is 5.88. The lowest BCUT2D eigenvalue weighted by Gasteiger charge is -2.18. The molecule has 2 aromatic rings. The topological polar surface area (TPSA) is 55.1 Å². The van der Waals surface area contributed by atoms with Gasteiger partial charge in [-0.05, 0) is 17.5 Å². The molecule has 0 amide bonds. The molecule has 1 heterocycles. The zero-order valence-electron chi connectivity index (χ0n) is 11.4. The highest BCUT2D eigenvalue weighted by atomic mass is 16.4. The van der Waals surface area contributed by atoms with E-state index in [2.05, 4.69) is 30.3 Å². The van der Waals surface area contributed by atoms with Crippen molar-refractivity contribution < 1.29 is 9.90 Å². The normalized spacial score (nSPS) is 11.5. The van der Waals surface area contributed by atoms with E-state index in [1.165, 1.54) is 0 Å². The molecule has 100 valence electrons. The molecule has 1 N–H and O–H groups in total. The van der Waals surface area contributed by atoms with Gasteiger partial charge in [0.25, 0.3) is 0 Å². The fourth-order valence-corrected chi connectivity index (χ4v) is 1.93. The van der Waals surface area contributed by atoms with Crippen molar-refractivity contribution in [3.05, 3.63) is 42.4 Å². The predicted octanol–water partition coefficient (Wildman–Crippen LogP) is 3.29. The highest BCUT2D eigenvalue weighted by Crippen LogP contribution is 2.21. The average molecular weight is 258 g/mol. The number of hydrogen-bond donors (Lipinski definition) is 1. The van der Waals surface area contributed by atoms with Crippen LogP contribution in [0.2, 0.25) is 0 Å². The molecular formula is C15H18N2O2. The van der Waals surface area contributed by atoms with Crippen LogP contribution in [-0.2, 0) is 6.54 Å². The van der Waals surface area contributed by atoms with Gasteiger partial charge in [0.15, 0.2) is 0 Å². The number of carboxylic acids is 1. The Morgan fingerprint density at radius 1 is 1.26 bits per heavy atom. The van der Waals surface area contributed by atoms with Crippen LogP contribution in [0.4, 0.5) is 0 Å². The highest BCUT2D eigenvalue weighted by Gasteiger charge is 2.12. The SMILES string of the molecule is CC(C)(C)Cn1cnc(-c2ccc(C(=O)O)cc2)c1. The number of rotatable bonds is 3. The van der Waals surface area contributed by atoms with Crippen LogP contribution >= 0.6 is 0 Å². The molecular weight excluding hydrogens is 240 g/mol. The van der Waals surface area contributed by atoms with Crippen molar-refractivity contribution in [2.75, 3.05) is 0 Å². The van der Waals surface area contributed by atoms with Crippen molar-refractivity contribution in [2.45, 2.75) is 27.3 Å². The number of hydrogen-bond acceptors (Lipinski definition) is 2. The van der Waals surface area contributed by atoms with E-state index in [9.17, 15) is 4.79 Å². The van der Waals surface area contributed by atoms with E-state index in [0.717, 1.165) is 17.8 Å². The average Bonchev–Trinajstić information content (AvgIpc) is 2.75. The molecule has 1 aromatic heterocycles. The van der Waals surface area contributed by atoms with Gasteiger partial charge in [-0.1, -0.05) is 32.9 Å². The summed E-state index contributed by atoms with van der Waals surface area (Å²) >= 11 is 0. The molecule has 4 nitrogen and oxygen atoms in total. The Hall–Kier alpha value is -2.10. The first-order valence-electron chi connectivity index (χ1n) is 6.21. The van der Waals surface area contributed by atoms with E-state index in [0.29, 0.717) is 0 Å². The number of aromatic nitrogens is 2. The van der Waals surface area contributed by atoms with Crippen molar-refractivity contribution in [3.8, 4) is 11.3 Å². The van der Waals surface area contributed by atoms with Gasteiger partial charge in [-0.15, -0.1) is 0 Å². The molecule has 0 spiro atoms. The molecule has 0 bridgehead atoms. The van der Waals surface area contributed by atoms with Gasteiger partial charge in [0.1, 0.15) is 0 Å². The summed E-state index contributed by atoms with van der Waals surface area (Å²) in [6.07, 6.45) is 3.80. The predicted molar refractivity (Wildman–Crippen MR) is 74.1 cm³/mol. The quantitative estimate of drug-likeness (QED) is 0.919. The van der Waals surface area contributed by atoms with Crippen molar-refractivity contribution in [3.63, 3.8) is 0 Å². The smallest absolute Gasteiger partial charge is 0.335 e. The van der Waals surface area contributed by atoms with Gasteiger partial charge in [-0.2, -0.15) is 0 Å². The number of carboxylic acid groups (broad SMARTS) is 1. The third-order valence-electron chi connectivity index (χ3n) is 2.72. The summed E-state index contributed by atoms with van der Waals surface area (Å²) in [5.41, 5.74) is 2.28. The van der Waals surface area contributed by atoms with Gasteiger partial charge in [0.05, 0.1) is 17.6 Å². The second-order valence-electron chi connectivity index (χ2n) is 5.87. The largest absolute Gasteiger partial charge is 0.478 e. The summed E-state index contributed by atoms with van der Waals surface area (Å²) in [6.45, 7) is 7.42. The fraction of sp³-hybridized carbons (Fsp3) is 0.333. The number of aromatic carboxylic acids is 1. The van der Waals surface area contributed by atoms with Gasteiger partial charge in [0.2, 0.25) is 0 Å². The van der Waals surface area contributed by atoms with Crippen molar-refractivity contribution in [1.29, 1.82) is 0 Å². The van der Waals surface area contributed by atoms with Crippen molar-refractivity contribution in [1.82, 2.24) is 9.55 Å². The fourth-order valence-electron chi connectivity index (χ4n) is 1.93. The minimum atomic E-state index is -0.912. The lowest BCUT2D eigenvalue weighted by Crippen LogP contribution is -2.13. The number of imidazole rings is 1. The zero-order chi connectivity index (χ0) is 14.0. The van der Waals surface area contributed by atoms with Crippen LogP contribution in [-0.4, -0.2) is 20.6 Å². The number of nitrogens with zero attached hydrogens (tertiary/aromatic N) is 2. The maximum atomic E-state index is 10.8. The maximum Gasteiger partial charge on any atom is 0.335 e. The van der Waals surface area contributed by atoms with Crippen LogP contribution < -0.4 is 0 Å². The van der Waals surface area contributed by atoms with E-state index in [4.69, 9.17) is 5.11 Å². The molecule has 0 radical (unpaired) electrons. The zero-order valence-corrected chi connectivity index (χ0v) is 11.4. The van der Waals surface area contributed by atoms with E-state index in [1.54, 1.807) is 24.3 Å². The minimum Gasteiger partial charge on any atom is -0.478 e. The molecule has 0 saturated heterocycles. The Kier molecular flexibility index (Phi) is 3.42.